The second-order valence-electron chi connectivity index (χ2n) is 4.47. The molecule has 0 saturated heterocycles. The third-order valence-electron chi connectivity index (χ3n) is 2.74. The van der Waals surface area contributed by atoms with Crippen molar-refractivity contribution in [3.63, 3.8) is 0 Å². The fourth-order valence-electron chi connectivity index (χ4n) is 1.68. The molecule has 0 aliphatic rings. The van der Waals surface area contributed by atoms with Crippen molar-refractivity contribution in [2.45, 2.75) is 12.8 Å². The molecule has 8 heteroatoms. The molecule has 2 rings (SSSR count). The highest BCUT2D eigenvalue weighted by Crippen LogP contribution is 2.29. The minimum atomic E-state index is -4.33. The number of rotatable bonds is 6. The normalized spacial score (nSPS) is 11.7. The summed E-state index contributed by atoms with van der Waals surface area (Å²) < 4.78 is 47.7. The van der Waals surface area contributed by atoms with Gasteiger partial charge in [-0.2, -0.15) is 13.2 Å². The smallest absolute Gasteiger partial charge is 0.416 e. The van der Waals surface area contributed by atoms with Gasteiger partial charge in [0, 0.05) is 12.6 Å². The molecule has 0 radical (unpaired) electrons. The van der Waals surface area contributed by atoms with E-state index < -0.39 is 11.7 Å². The molecule has 4 nitrogen and oxygen atoms in total. The number of hydrogen-bond acceptors (Lipinski definition) is 4. The molecule has 0 saturated carbocycles. The molecule has 23 heavy (non-hydrogen) atoms. The van der Waals surface area contributed by atoms with E-state index in [2.05, 4.69) is 4.98 Å². The van der Waals surface area contributed by atoms with Crippen LogP contribution in [0.25, 0.3) is 12.2 Å². The van der Waals surface area contributed by atoms with Crippen LogP contribution in [0.1, 0.15) is 22.7 Å². The zero-order chi connectivity index (χ0) is 16.0. The number of nitrogens with two attached hydrogens (primary N) is 1. The summed E-state index contributed by atoms with van der Waals surface area (Å²) in [6.07, 6.45) is 0.331. The van der Waals surface area contributed by atoms with E-state index in [4.69, 9.17) is 14.9 Å². The molecule has 126 valence electrons. The Balaban J connectivity index is 0.00000264. The summed E-state index contributed by atoms with van der Waals surface area (Å²) in [5.74, 6) is 0.353. The van der Waals surface area contributed by atoms with Crippen LogP contribution in [0.5, 0.6) is 0 Å². The highest BCUT2D eigenvalue weighted by molar-refractivity contribution is 5.85. The maximum atomic E-state index is 12.4. The van der Waals surface area contributed by atoms with Crippen LogP contribution in [0.2, 0.25) is 0 Å². The standard InChI is InChI=1S/C15H15F3N2O2.ClH/c16-15(17,18)12-4-1-11(2-5-12)3-6-14-20-13(10-22-14)9-21-8-7-19;/h1-6,10H,7-9,19H2;1H/b6-3+;. The highest BCUT2D eigenvalue weighted by atomic mass is 35.5. The summed E-state index contributed by atoms with van der Waals surface area (Å²) in [4.78, 5) is 4.15. The molecular formula is C15H16ClF3N2O2. The molecule has 0 aliphatic carbocycles. The number of aromatic nitrogens is 1. The van der Waals surface area contributed by atoms with Gasteiger partial charge >= 0.3 is 6.18 Å². The van der Waals surface area contributed by atoms with Crippen LogP contribution >= 0.6 is 12.4 Å². The van der Waals surface area contributed by atoms with Gasteiger partial charge in [0.15, 0.2) is 0 Å². The molecule has 2 aromatic rings. The van der Waals surface area contributed by atoms with E-state index in [0.717, 1.165) is 12.1 Å². The molecule has 0 unspecified atom stereocenters. The first-order chi connectivity index (χ1) is 10.5. The van der Waals surface area contributed by atoms with Crippen molar-refractivity contribution in [1.82, 2.24) is 4.98 Å². The van der Waals surface area contributed by atoms with Gasteiger partial charge in [-0.3, -0.25) is 0 Å². The number of halogens is 4. The van der Waals surface area contributed by atoms with Crippen molar-refractivity contribution in [1.29, 1.82) is 0 Å². The predicted octanol–water partition coefficient (Wildman–Crippen LogP) is 3.76. The summed E-state index contributed by atoms with van der Waals surface area (Å²) >= 11 is 0. The van der Waals surface area contributed by atoms with Crippen LogP contribution in [0.3, 0.4) is 0 Å². The van der Waals surface area contributed by atoms with E-state index in [-0.39, 0.29) is 12.4 Å². The Morgan fingerprint density at radius 3 is 2.48 bits per heavy atom. The number of alkyl halides is 3. The van der Waals surface area contributed by atoms with Gasteiger partial charge in [-0.25, -0.2) is 4.98 Å². The van der Waals surface area contributed by atoms with Gasteiger partial charge < -0.3 is 14.9 Å². The van der Waals surface area contributed by atoms with Crippen LogP contribution in [0, 0.1) is 0 Å². The Bertz CT molecular complexity index is 624. The molecule has 2 N–H and O–H groups in total. The molecule has 0 fully saturated rings. The summed E-state index contributed by atoms with van der Waals surface area (Å²) in [5, 5.41) is 0. The van der Waals surface area contributed by atoms with Crippen LogP contribution < -0.4 is 5.73 Å². The Morgan fingerprint density at radius 1 is 1.17 bits per heavy atom. The zero-order valence-corrected chi connectivity index (χ0v) is 12.9. The predicted molar refractivity (Wildman–Crippen MR) is 82.8 cm³/mol. The fourth-order valence-corrected chi connectivity index (χ4v) is 1.68. The third kappa shape index (κ3) is 6.05. The molecule has 0 bridgehead atoms. The van der Waals surface area contributed by atoms with Crippen molar-refractivity contribution in [2.75, 3.05) is 13.2 Å². The van der Waals surface area contributed by atoms with Crippen molar-refractivity contribution in [2.24, 2.45) is 5.73 Å². The maximum absolute atomic E-state index is 12.4. The van der Waals surface area contributed by atoms with Crippen molar-refractivity contribution >= 4 is 24.6 Å². The molecular weight excluding hydrogens is 333 g/mol. The SMILES string of the molecule is Cl.NCCOCc1coc(/C=C/c2ccc(C(F)(F)F)cc2)n1. The van der Waals surface area contributed by atoms with E-state index in [1.807, 2.05) is 0 Å². The van der Waals surface area contributed by atoms with Gasteiger partial charge in [-0.05, 0) is 23.8 Å². The molecule has 1 aromatic heterocycles. The van der Waals surface area contributed by atoms with Gasteiger partial charge in [0.1, 0.15) is 12.0 Å². The zero-order valence-electron chi connectivity index (χ0n) is 12.0. The number of ether oxygens (including phenoxy) is 1. The van der Waals surface area contributed by atoms with E-state index in [0.29, 0.717) is 36.9 Å². The first kappa shape index (κ1) is 19.2. The van der Waals surface area contributed by atoms with Crippen LogP contribution in [-0.2, 0) is 17.5 Å². The van der Waals surface area contributed by atoms with E-state index >= 15 is 0 Å². The first-order valence-corrected chi connectivity index (χ1v) is 6.56. The summed E-state index contributed by atoms with van der Waals surface area (Å²) in [5.41, 5.74) is 5.86. The average molecular weight is 349 g/mol. The summed E-state index contributed by atoms with van der Waals surface area (Å²) in [7, 11) is 0. The van der Waals surface area contributed by atoms with Gasteiger partial charge in [0.25, 0.3) is 0 Å². The monoisotopic (exact) mass is 348 g/mol. The number of benzene rings is 1. The quantitative estimate of drug-likeness (QED) is 0.807. The molecule has 0 amide bonds. The Hall–Kier alpha value is -1.83. The number of nitrogens with zero attached hydrogens (tertiary/aromatic N) is 1. The topological polar surface area (TPSA) is 61.3 Å². The lowest BCUT2D eigenvalue weighted by Gasteiger charge is -2.05. The summed E-state index contributed by atoms with van der Waals surface area (Å²) in [6.45, 7) is 1.16. The fraction of sp³-hybridized carbons (Fsp3) is 0.267. The largest absolute Gasteiger partial charge is 0.445 e. The number of hydrogen-bond donors (Lipinski definition) is 1. The Labute approximate surface area is 137 Å². The van der Waals surface area contributed by atoms with E-state index in [1.54, 1.807) is 12.2 Å². The van der Waals surface area contributed by atoms with Crippen LogP contribution in [0.4, 0.5) is 13.2 Å². The molecule has 1 heterocycles. The second kappa shape index (κ2) is 8.71. The Kier molecular flexibility index (Phi) is 7.28. The lowest BCUT2D eigenvalue weighted by atomic mass is 10.1. The van der Waals surface area contributed by atoms with Crippen molar-refractivity contribution in [3.05, 3.63) is 53.2 Å². The molecule has 0 aliphatic heterocycles. The van der Waals surface area contributed by atoms with Crippen LogP contribution in [-0.4, -0.2) is 18.1 Å². The minimum absolute atomic E-state index is 0. The van der Waals surface area contributed by atoms with Gasteiger partial charge in [0.2, 0.25) is 5.89 Å². The highest BCUT2D eigenvalue weighted by Gasteiger charge is 2.29. The number of oxazole rings is 1. The minimum Gasteiger partial charge on any atom is -0.445 e. The molecule has 0 spiro atoms. The van der Waals surface area contributed by atoms with Crippen molar-refractivity contribution < 1.29 is 22.3 Å². The van der Waals surface area contributed by atoms with Crippen molar-refractivity contribution in [3.8, 4) is 0 Å². The second-order valence-corrected chi connectivity index (χ2v) is 4.47. The molecule has 0 atom stereocenters. The Morgan fingerprint density at radius 2 is 1.87 bits per heavy atom. The van der Waals surface area contributed by atoms with E-state index in [9.17, 15) is 13.2 Å². The average Bonchev–Trinajstić information content (AvgIpc) is 2.93. The maximum Gasteiger partial charge on any atom is 0.416 e. The van der Waals surface area contributed by atoms with E-state index in [1.165, 1.54) is 18.4 Å². The lowest BCUT2D eigenvalue weighted by Crippen LogP contribution is -2.08. The first-order valence-electron chi connectivity index (χ1n) is 6.56. The van der Waals surface area contributed by atoms with Gasteiger partial charge in [-0.15, -0.1) is 12.4 Å². The third-order valence-corrected chi connectivity index (χ3v) is 2.74. The van der Waals surface area contributed by atoms with Gasteiger partial charge in [0.05, 0.1) is 18.8 Å². The molecule has 1 aromatic carbocycles. The van der Waals surface area contributed by atoms with Crippen LogP contribution in [0.15, 0.2) is 34.9 Å². The summed E-state index contributed by atoms with van der Waals surface area (Å²) in [6, 6.07) is 4.82. The van der Waals surface area contributed by atoms with Gasteiger partial charge in [-0.1, -0.05) is 12.1 Å². The lowest BCUT2D eigenvalue weighted by molar-refractivity contribution is -0.137.